The van der Waals surface area contributed by atoms with E-state index in [0.717, 1.165) is 18.2 Å². The summed E-state index contributed by atoms with van der Waals surface area (Å²) in [5, 5.41) is 0. The molecule has 1 fully saturated rings. The van der Waals surface area contributed by atoms with Crippen LogP contribution in [0.3, 0.4) is 0 Å². The van der Waals surface area contributed by atoms with Crippen molar-refractivity contribution in [2.75, 3.05) is 0 Å². The molecule has 0 heterocycles. The van der Waals surface area contributed by atoms with E-state index >= 15 is 0 Å². The molecule has 0 aliphatic heterocycles. The molecule has 1 aromatic rings. The molecule has 1 unspecified atom stereocenters. The minimum Gasteiger partial charge on any atom is -0.328 e. The van der Waals surface area contributed by atoms with Gasteiger partial charge in [0.05, 0.1) is 0 Å². The molecular weight excluding hydrogens is 597 g/mol. The highest BCUT2D eigenvalue weighted by molar-refractivity contribution is 7.81. The van der Waals surface area contributed by atoms with Crippen molar-refractivity contribution in [3.8, 4) is 0 Å². The van der Waals surface area contributed by atoms with Crippen molar-refractivity contribution in [1.82, 2.24) is 0 Å². The zero-order valence-corrected chi connectivity index (χ0v) is 35.9. The highest BCUT2D eigenvalue weighted by atomic mass is 32.1. The summed E-state index contributed by atoms with van der Waals surface area (Å²) in [4.78, 5) is 0. The first-order chi connectivity index (χ1) is 22.2. The van der Waals surface area contributed by atoms with Crippen molar-refractivity contribution < 1.29 is 0 Å². The lowest BCUT2D eigenvalue weighted by Gasteiger charge is -2.38. The molecule has 1 aliphatic carbocycles. The summed E-state index contributed by atoms with van der Waals surface area (Å²) >= 11 is 4.76. The molecule has 0 saturated heterocycles. The first-order valence-electron chi connectivity index (χ1n) is 19.8. The van der Waals surface area contributed by atoms with Crippen molar-refractivity contribution in [2.24, 2.45) is 34.3 Å². The van der Waals surface area contributed by atoms with Gasteiger partial charge in [-0.2, -0.15) is 12.6 Å². The van der Waals surface area contributed by atoms with Crippen LogP contribution in [0.15, 0.2) is 49.6 Å². The molecule has 2 rings (SSSR count). The Bertz CT molecular complexity index is 916. The zero-order valence-electron chi connectivity index (χ0n) is 35.0. The molecule has 2 N–H and O–H groups in total. The lowest BCUT2D eigenvalue weighted by molar-refractivity contribution is 0.239. The quantitative estimate of drug-likeness (QED) is 0.0955. The monoisotopic (exact) mass is 683 g/mol. The molecule has 1 atom stereocenters. The second kappa shape index (κ2) is 25.1. The minimum absolute atomic E-state index is 0.00366. The SMILES string of the molecule is C=CC(C)C.C=CC(CCC)(CCC)c1ccc([B]CC(C)(C)C(C)(C)S)cc1.CCC(C)(C)C.CCCC(C)CCCC1CC(N)C1. The second-order valence-corrected chi connectivity index (χ2v) is 18.8. The third-order valence-corrected chi connectivity index (χ3v) is 11.3. The number of allylic oxidation sites excluding steroid dienone is 2. The molecule has 0 amide bonds. The van der Waals surface area contributed by atoms with Crippen molar-refractivity contribution in [3.63, 3.8) is 0 Å². The molecular formula is C45H85BNS. The van der Waals surface area contributed by atoms with Crippen LogP contribution in [0.1, 0.15) is 180 Å². The van der Waals surface area contributed by atoms with E-state index in [-0.39, 0.29) is 15.6 Å². The van der Waals surface area contributed by atoms with E-state index in [2.05, 4.69) is 148 Å². The summed E-state index contributed by atoms with van der Waals surface area (Å²) in [6.07, 6.45) is 20.7. The Morgan fingerprint density at radius 1 is 0.854 bits per heavy atom. The van der Waals surface area contributed by atoms with Crippen LogP contribution in [0.25, 0.3) is 0 Å². The van der Waals surface area contributed by atoms with Gasteiger partial charge in [-0.1, -0.05) is 196 Å². The van der Waals surface area contributed by atoms with E-state index in [1.807, 2.05) is 6.08 Å². The Balaban J connectivity index is 0. The van der Waals surface area contributed by atoms with Crippen molar-refractivity contribution >= 4 is 25.4 Å². The van der Waals surface area contributed by atoms with E-state index < -0.39 is 0 Å². The van der Waals surface area contributed by atoms with Crippen LogP contribution in [0.4, 0.5) is 0 Å². The fourth-order valence-electron chi connectivity index (χ4n) is 5.62. The van der Waals surface area contributed by atoms with Crippen LogP contribution in [-0.2, 0) is 5.41 Å². The third-order valence-electron chi connectivity index (χ3n) is 10.7. The van der Waals surface area contributed by atoms with Crippen molar-refractivity contribution in [3.05, 3.63) is 55.1 Å². The van der Waals surface area contributed by atoms with Crippen molar-refractivity contribution in [1.29, 1.82) is 0 Å². The lowest BCUT2D eigenvalue weighted by atomic mass is 9.56. The van der Waals surface area contributed by atoms with Crippen LogP contribution < -0.4 is 11.2 Å². The number of hydrogen-bond acceptors (Lipinski definition) is 2. The Labute approximate surface area is 310 Å². The van der Waals surface area contributed by atoms with Crippen LogP contribution >= 0.6 is 12.6 Å². The molecule has 0 bridgehead atoms. The van der Waals surface area contributed by atoms with Gasteiger partial charge in [-0.3, -0.25) is 0 Å². The predicted molar refractivity (Wildman–Crippen MR) is 229 cm³/mol. The lowest BCUT2D eigenvalue weighted by Crippen LogP contribution is -2.36. The first kappa shape index (κ1) is 49.2. The zero-order chi connectivity index (χ0) is 37.6. The Kier molecular flexibility index (Phi) is 25.7. The average molecular weight is 683 g/mol. The highest BCUT2D eigenvalue weighted by Gasteiger charge is 2.33. The number of nitrogens with two attached hydrogens (primary N) is 1. The van der Waals surface area contributed by atoms with Gasteiger partial charge in [0.1, 0.15) is 0 Å². The number of hydrogen-bond donors (Lipinski definition) is 2. The van der Waals surface area contributed by atoms with Gasteiger partial charge in [-0.05, 0) is 59.8 Å². The molecule has 1 aromatic carbocycles. The van der Waals surface area contributed by atoms with Gasteiger partial charge in [0.15, 0.2) is 7.28 Å². The molecule has 279 valence electrons. The van der Waals surface area contributed by atoms with E-state index in [1.165, 1.54) is 88.1 Å². The van der Waals surface area contributed by atoms with Gasteiger partial charge in [0, 0.05) is 16.2 Å². The largest absolute Gasteiger partial charge is 0.328 e. The van der Waals surface area contributed by atoms with Crippen LogP contribution in [-0.4, -0.2) is 18.1 Å². The third kappa shape index (κ3) is 22.0. The number of thiol groups is 1. The molecule has 0 spiro atoms. The van der Waals surface area contributed by atoms with Crippen LogP contribution in [0, 0.1) is 28.6 Å². The van der Waals surface area contributed by atoms with E-state index in [1.54, 1.807) is 0 Å². The maximum atomic E-state index is 5.75. The van der Waals surface area contributed by atoms with Gasteiger partial charge < -0.3 is 5.73 Å². The average Bonchev–Trinajstić information content (AvgIpc) is 2.99. The maximum Gasteiger partial charge on any atom is 0.152 e. The summed E-state index contributed by atoms with van der Waals surface area (Å²) in [5.41, 5.74) is 9.29. The van der Waals surface area contributed by atoms with Gasteiger partial charge in [0.2, 0.25) is 0 Å². The fourth-order valence-corrected chi connectivity index (χ4v) is 5.71. The smallest absolute Gasteiger partial charge is 0.152 e. The minimum atomic E-state index is 0.00366. The Morgan fingerprint density at radius 2 is 1.33 bits per heavy atom. The normalized spacial score (nSPS) is 16.9. The predicted octanol–water partition coefficient (Wildman–Crippen LogP) is 13.8. The maximum absolute atomic E-state index is 5.75. The van der Waals surface area contributed by atoms with Crippen LogP contribution in [0.5, 0.6) is 0 Å². The summed E-state index contributed by atoms with van der Waals surface area (Å²) in [5.74, 6) is 2.57. The number of benzene rings is 1. The molecule has 1 nitrogen and oxygen atoms in total. The number of rotatable bonds is 17. The summed E-state index contributed by atoms with van der Waals surface area (Å²) in [6, 6.07) is 9.68. The molecule has 1 saturated carbocycles. The summed E-state index contributed by atoms with van der Waals surface area (Å²) in [7, 11) is 2.34. The second-order valence-electron chi connectivity index (χ2n) is 17.6. The van der Waals surface area contributed by atoms with E-state index in [0.29, 0.717) is 17.4 Å². The van der Waals surface area contributed by atoms with Gasteiger partial charge in [-0.15, -0.1) is 13.2 Å². The van der Waals surface area contributed by atoms with Crippen molar-refractivity contribution in [2.45, 2.75) is 197 Å². The van der Waals surface area contributed by atoms with Gasteiger partial charge >= 0.3 is 0 Å². The fraction of sp³-hybridized carbons (Fsp3) is 0.778. The Hall–Kier alpha value is -0.925. The van der Waals surface area contributed by atoms with Gasteiger partial charge in [-0.25, -0.2) is 0 Å². The van der Waals surface area contributed by atoms with Crippen LogP contribution in [0.2, 0.25) is 6.32 Å². The highest BCUT2D eigenvalue weighted by Crippen LogP contribution is 2.39. The molecule has 0 aromatic heterocycles. The van der Waals surface area contributed by atoms with Gasteiger partial charge in [0.25, 0.3) is 0 Å². The molecule has 1 radical (unpaired) electrons. The molecule has 3 heteroatoms. The van der Waals surface area contributed by atoms with E-state index in [9.17, 15) is 0 Å². The summed E-state index contributed by atoms with van der Waals surface area (Å²) < 4.78 is 0.00366. The molecule has 48 heavy (non-hydrogen) atoms. The van der Waals surface area contributed by atoms with E-state index in [4.69, 9.17) is 18.4 Å². The first-order valence-corrected chi connectivity index (χ1v) is 20.3. The topological polar surface area (TPSA) is 26.0 Å². The Morgan fingerprint density at radius 3 is 1.67 bits per heavy atom. The summed E-state index contributed by atoms with van der Waals surface area (Å²) in [6.45, 7) is 39.0. The molecule has 1 aliphatic rings. The standard InChI is InChI=1S/C22H36BS.C12H25N.C6H14.C5H10/c1-8-15-22(10-3,16-9-2)18-11-13-19(14-12-18)23-17-20(4,5)21(6,7)24;1-3-5-10(2)6-4-7-11-8-12(13)9-11;1-5-6(2,3)4;1-4-5(2)3/h10-14,24H,3,8-9,15-17H2,1-2,4-7H3;10-12H,3-9,13H2,1-2H3;5H2,1-4H3;4-5H,1H2,2-3H3.